The maximum atomic E-state index is 12.8. The third-order valence-electron chi connectivity index (χ3n) is 6.10. The van der Waals surface area contributed by atoms with E-state index in [2.05, 4.69) is 11.8 Å². The van der Waals surface area contributed by atoms with Gasteiger partial charge in [-0.2, -0.15) is 0 Å². The van der Waals surface area contributed by atoms with Crippen LogP contribution in [0.4, 0.5) is 0 Å². The van der Waals surface area contributed by atoms with E-state index in [-0.39, 0.29) is 24.4 Å². The van der Waals surface area contributed by atoms with E-state index in [1.807, 2.05) is 0 Å². The minimum atomic E-state index is -1.26. The van der Waals surface area contributed by atoms with Crippen LogP contribution in [0.15, 0.2) is 11.8 Å². The zero-order valence-corrected chi connectivity index (χ0v) is 16.9. The van der Waals surface area contributed by atoms with E-state index in [4.69, 9.17) is 4.74 Å². The molecule has 0 aromatic heterocycles. The fraction of sp³-hybridized carbons (Fsp3) is 0.810. The molecule has 2 aliphatic rings. The normalized spacial score (nSPS) is 29.4. The van der Waals surface area contributed by atoms with Crippen molar-refractivity contribution in [2.75, 3.05) is 32.8 Å². The smallest absolute Gasteiger partial charge is 0.304 e. The van der Waals surface area contributed by atoms with Gasteiger partial charge < -0.3 is 20.1 Å². The van der Waals surface area contributed by atoms with Crippen LogP contribution in [0.2, 0.25) is 0 Å². The lowest BCUT2D eigenvalue weighted by molar-refractivity contribution is -0.145. The second kappa shape index (κ2) is 10.9. The molecule has 2 fully saturated rings. The molecule has 0 unspecified atom stereocenters. The third-order valence-corrected chi connectivity index (χ3v) is 6.10. The monoisotopic (exact) mass is 397 g/mol. The summed E-state index contributed by atoms with van der Waals surface area (Å²) in [4.78, 5) is 26.6. The number of aliphatic carboxylic acids is 1. The number of ketones is 1. The zero-order valence-electron chi connectivity index (χ0n) is 16.9. The molecule has 1 saturated carbocycles. The summed E-state index contributed by atoms with van der Waals surface area (Å²) in [6.07, 6.45) is 5.37. The molecule has 1 heterocycles. The van der Waals surface area contributed by atoms with Crippen LogP contribution in [-0.4, -0.2) is 70.9 Å². The number of nitrogens with zero attached hydrogens (tertiary/aromatic N) is 1. The van der Waals surface area contributed by atoms with Crippen molar-refractivity contribution in [1.29, 1.82) is 0 Å². The van der Waals surface area contributed by atoms with Gasteiger partial charge in [0.15, 0.2) is 0 Å². The molecule has 2 rings (SSSR count). The topological polar surface area (TPSA) is 107 Å². The summed E-state index contributed by atoms with van der Waals surface area (Å²) in [5.74, 6) is -2.21. The van der Waals surface area contributed by atoms with Crippen LogP contribution in [0, 0.1) is 11.3 Å². The molecular weight excluding hydrogens is 362 g/mol. The second-order valence-electron chi connectivity index (χ2n) is 8.08. The van der Waals surface area contributed by atoms with Crippen molar-refractivity contribution in [3.63, 3.8) is 0 Å². The minimum Gasteiger partial charge on any atom is -0.512 e. The molecule has 3 atom stereocenters. The maximum Gasteiger partial charge on any atom is 0.304 e. The molecule has 28 heavy (non-hydrogen) atoms. The van der Waals surface area contributed by atoms with Crippen LogP contribution in [0.5, 0.6) is 0 Å². The fourth-order valence-corrected chi connectivity index (χ4v) is 4.53. The molecule has 0 radical (unpaired) electrons. The van der Waals surface area contributed by atoms with Crippen molar-refractivity contribution in [2.24, 2.45) is 11.3 Å². The molecule has 3 N–H and O–H groups in total. The molecular formula is C21H35NO6. The Morgan fingerprint density at radius 1 is 1.25 bits per heavy atom. The Bertz CT molecular complexity index is 557. The van der Waals surface area contributed by atoms with Gasteiger partial charge in [0.05, 0.1) is 42.8 Å². The molecule has 7 nitrogen and oxygen atoms in total. The van der Waals surface area contributed by atoms with Crippen LogP contribution in [0.3, 0.4) is 0 Å². The van der Waals surface area contributed by atoms with Crippen molar-refractivity contribution >= 4 is 11.8 Å². The molecule has 0 spiro atoms. The Balaban J connectivity index is 2.16. The highest BCUT2D eigenvalue weighted by molar-refractivity contribution is 5.92. The van der Waals surface area contributed by atoms with E-state index in [9.17, 15) is 24.9 Å². The predicted octanol–water partition coefficient (Wildman–Crippen LogP) is 2.53. The van der Waals surface area contributed by atoms with Gasteiger partial charge in [0.2, 0.25) is 0 Å². The van der Waals surface area contributed by atoms with E-state index in [1.165, 1.54) is 0 Å². The highest BCUT2D eigenvalue weighted by Crippen LogP contribution is 2.49. The van der Waals surface area contributed by atoms with Gasteiger partial charge in [0, 0.05) is 19.5 Å². The number of hydrogen-bond donors (Lipinski definition) is 3. The number of allylic oxidation sites excluding steroid dienone is 1. The molecule has 0 aromatic carbocycles. The van der Waals surface area contributed by atoms with E-state index >= 15 is 0 Å². The van der Waals surface area contributed by atoms with Crippen LogP contribution in [-0.2, 0) is 14.3 Å². The highest BCUT2D eigenvalue weighted by atomic mass is 16.5. The van der Waals surface area contributed by atoms with Gasteiger partial charge >= 0.3 is 5.97 Å². The van der Waals surface area contributed by atoms with Gasteiger partial charge in [-0.25, -0.2) is 0 Å². The van der Waals surface area contributed by atoms with Crippen molar-refractivity contribution in [2.45, 2.75) is 64.4 Å². The number of carbonyl (C=O) groups excluding carboxylic acids is 1. The van der Waals surface area contributed by atoms with Crippen LogP contribution >= 0.6 is 0 Å². The average Bonchev–Trinajstić information content (AvgIpc) is 2.90. The Hall–Kier alpha value is -1.44. The van der Waals surface area contributed by atoms with Crippen molar-refractivity contribution < 1.29 is 29.6 Å². The standard InChI is InChI=1S/C21H35NO6/c1-2-3-4-5-6-7-16(23)20-17(24)14-18(25)21(20,15-19(26)27)8-9-22-10-12-28-13-11-22/h7,17,20,23-24H,2-6,8-15H2,1H3,(H,26,27)/t17-,20+,21+/m1/s1. The molecule has 1 aliphatic carbocycles. The number of carbonyl (C=O) groups is 2. The number of aliphatic hydroxyl groups excluding tert-OH is 2. The summed E-state index contributed by atoms with van der Waals surface area (Å²) in [6.45, 7) is 5.40. The minimum absolute atomic E-state index is 0.0296. The van der Waals surface area contributed by atoms with Crippen LogP contribution in [0.1, 0.15) is 58.3 Å². The van der Waals surface area contributed by atoms with E-state index in [1.54, 1.807) is 6.08 Å². The Morgan fingerprint density at radius 3 is 2.61 bits per heavy atom. The largest absolute Gasteiger partial charge is 0.512 e. The van der Waals surface area contributed by atoms with Gasteiger partial charge in [0.1, 0.15) is 5.78 Å². The number of Topliss-reactive ketones (excluding diaryl/α,β-unsaturated/α-hetero) is 1. The summed E-state index contributed by atoms with van der Waals surface area (Å²) < 4.78 is 5.34. The van der Waals surface area contributed by atoms with Crippen molar-refractivity contribution in [3.05, 3.63) is 11.8 Å². The number of morpholine rings is 1. The van der Waals surface area contributed by atoms with Gasteiger partial charge in [-0.1, -0.05) is 26.2 Å². The molecule has 0 amide bonds. The first-order chi connectivity index (χ1) is 13.4. The number of carboxylic acids is 1. The summed E-state index contributed by atoms with van der Waals surface area (Å²) in [7, 11) is 0. The predicted molar refractivity (Wildman–Crippen MR) is 105 cm³/mol. The maximum absolute atomic E-state index is 12.8. The number of unbranched alkanes of at least 4 members (excludes halogenated alkanes) is 4. The Kier molecular flexibility index (Phi) is 8.92. The van der Waals surface area contributed by atoms with Crippen LogP contribution < -0.4 is 0 Å². The summed E-state index contributed by atoms with van der Waals surface area (Å²) in [5, 5.41) is 30.7. The Morgan fingerprint density at radius 2 is 1.96 bits per heavy atom. The van der Waals surface area contributed by atoms with E-state index in [0.717, 1.165) is 38.8 Å². The summed E-state index contributed by atoms with van der Waals surface area (Å²) in [6, 6.07) is 0. The number of rotatable bonds is 11. The van der Waals surface area contributed by atoms with Gasteiger partial charge in [-0.15, -0.1) is 0 Å². The van der Waals surface area contributed by atoms with Crippen molar-refractivity contribution in [3.8, 4) is 0 Å². The van der Waals surface area contributed by atoms with Gasteiger partial charge in [-0.3, -0.25) is 14.5 Å². The number of aliphatic hydroxyl groups is 2. The average molecular weight is 398 g/mol. The lowest BCUT2D eigenvalue weighted by Crippen LogP contribution is -2.44. The first-order valence-electron chi connectivity index (χ1n) is 10.5. The molecule has 0 aromatic rings. The molecule has 1 aliphatic heterocycles. The molecule has 7 heteroatoms. The molecule has 0 bridgehead atoms. The first kappa shape index (κ1) is 22.8. The quantitative estimate of drug-likeness (QED) is 0.363. The van der Waals surface area contributed by atoms with Crippen molar-refractivity contribution in [1.82, 2.24) is 4.90 Å². The zero-order chi connectivity index (χ0) is 20.6. The number of hydrogen-bond acceptors (Lipinski definition) is 6. The lowest BCUT2D eigenvalue weighted by atomic mass is 9.70. The SMILES string of the molecule is CCCCCCC=C(O)[C@H]1[C@H](O)CC(=O)[C@]1(CCN1CCOCC1)CC(=O)O. The van der Waals surface area contributed by atoms with Gasteiger partial charge in [0.25, 0.3) is 0 Å². The van der Waals surface area contributed by atoms with Crippen LogP contribution in [0.25, 0.3) is 0 Å². The van der Waals surface area contributed by atoms with E-state index in [0.29, 0.717) is 32.6 Å². The van der Waals surface area contributed by atoms with Gasteiger partial charge in [-0.05, 0) is 31.9 Å². The number of carboxylic acid groups (broad SMARTS) is 1. The first-order valence-corrected chi connectivity index (χ1v) is 10.5. The number of ether oxygens (including phenoxy) is 1. The summed E-state index contributed by atoms with van der Waals surface area (Å²) in [5.41, 5.74) is -1.26. The molecule has 160 valence electrons. The molecule has 1 saturated heterocycles. The summed E-state index contributed by atoms with van der Waals surface area (Å²) >= 11 is 0. The third kappa shape index (κ3) is 5.78. The second-order valence-corrected chi connectivity index (χ2v) is 8.08. The Labute approximate surface area is 167 Å². The van der Waals surface area contributed by atoms with E-state index < -0.39 is 23.4 Å². The lowest BCUT2D eigenvalue weighted by Gasteiger charge is -2.36. The fourth-order valence-electron chi connectivity index (χ4n) is 4.53. The highest BCUT2D eigenvalue weighted by Gasteiger charge is 2.56.